The van der Waals surface area contributed by atoms with Crippen LogP contribution in [0.3, 0.4) is 0 Å². The average molecular weight is 256 g/mol. The number of aromatic hydroxyl groups is 2. The van der Waals surface area contributed by atoms with Crippen LogP contribution in [0.2, 0.25) is 0 Å². The van der Waals surface area contributed by atoms with Crippen LogP contribution in [0.25, 0.3) is 0 Å². The normalized spacial score (nSPS) is 11.9. The monoisotopic (exact) mass is 256 g/mol. The third-order valence-corrected chi connectivity index (χ3v) is 2.33. The summed E-state index contributed by atoms with van der Waals surface area (Å²) in [6.07, 6.45) is -0.197. The van der Waals surface area contributed by atoms with Gasteiger partial charge in [0, 0.05) is 12.1 Å². The number of carbonyl (C=O) groups is 1. The Morgan fingerprint density at radius 3 is 2.67 bits per heavy atom. The topological polar surface area (TPSA) is 136 Å². The average Bonchev–Trinajstić information content (AvgIpc) is 2.31. The molecule has 1 atom stereocenters. The highest BCUT2D eigenvalue weighted by atomic mass is 16.6. The van der Waals surface area contributed by atoms with E-state index >= 15 is 0 Å². The Morgan fingerprint density at radius 1 is 1.56 bits per heavy atom. The van der Waals surface area contributed by atoms with Crippen molar-refractivity contribution in [2.24, 2.45) is 5.73 Å². The second-order valence-corrected chi connectivity index (χ2v) is 3.55. The van der Waals surface area contributed by atoms with Crippen LogP contribution >= 0.6 is 0 Å². The van der Waals surface area contributed by atoms with Gasteiger partial charge in [-0.1, -0.05) is 0 Å². The summed E-state index contributed by atoms with van der Waals surface area (Å²) in [6.45, 7) is 0. The number of hydrogen-bond donors (Lipinski definition) is 3. The fourth-order valence-corrected chi connectivity index (χ4v) is 1.36. The molecule has 1 rings (SSSR count). The highest BCUT2D eigenvalue weighted by molar-refractivity contribution is 5.70. The van der Waals surface area contributed by atoms with Crippen molar-refractivity contribution in [3.8, 4) is 11.5 Å². The van der Waals surface area contributed by atoms with Crippen molar-refractivity contribution in [3.63, 3.8) is 0 Å². The van der Waals surface area contributed by atoms with Gasteiger partial charge in [0.1, 0.15) is 0 Å². The van der Waals surface area contributed by atoms with Gasteiger partial charge < -0.3 is 20.7 Å². The summed E-state index contributed by atoms with van der Waals surface area (Å²) in [5.41, 5.74) is 5.12. The highest BCUT2D eigenvalue weighted by Crippen LogP contribution is 2.37. The van der Waals surface area contributed by atoms with E-state index in [1.54, 1.807) is 0 Å². The maximum Gasteiger partial charge on any atom is 0.314 e. The van der Waals surface area contributed by atoms with Crippen LogP contribution in [0, 0.1) is 10.1 Å². The SMILES string of the molecule is COC(=O)C[C@H](N)c1cc(O)c(O)c([N+](=O)[O-])c1. The number of carbonyl (C=O) groups excluding carboxylic acids is 1. The fourth-order valence-electron chi connectivity index (χ4n) is 1.36. The minimum atomic E-state index is -0.873. The maximum absolute atomic E-state index is 11.0. The van der Waals surface area contributed by atoms with Crippen molar-refractivity contribution in [2.75, 3.05) is 7.11 Å². The first-order valence-corrected chi connectivity index (χ1v) is 4.89. The molecule has 1 aromatic carbocycles. The van der Waals surface area contributed by atoms with Gasteiger partial charge in [-0.25, -0.2) is 0 Å². The summed E-state index contributed by atoms with van der Waals surface area (Å²) in [6, 6.07) is 1.20. The third kappa shape index (κ3) is 2.86. The number of nitro groups is 1. The number of ether oxygens (including phenoxy) is 1. The van der Waals surface area contributed by atoms with Gasteiger partial charge in [0.25, 0.3) is 0 Å². The number of esters is 1. The Labute approximate surface area is 102 Å². The van der Waals surface area contributed by atoms with Crippen LogP contribution in [0.4, 0.5) is 5.69 Å². The Kier molecular flexibility index (Phi) is 4.05. The predicted octanol–water partition coefficient (Wildman–Crippen LogP) is 0.569. The van der Waals surface area contributed by atoms with Gasteiger partial charge in [-0.2, -0.15) is 0 Å². The van der Waals surface area contributed by atoms with Crippen molar-refractivity contribution in [2.45, 2.75) is 12.5 Å². The minimum Gasteiger partial charge on any atom is -0.504 e. The van der Waals surface area contributed by atoms with Crippen molar-refractivity contribution in [1.82, 2.24) is 0 Å². The highest BCUT2D eigenvalue weighted by Gasteiger charge is 2.22. The minimum absolute atomic E-state index is 0.155. The Hall–Kier alpha value is -2.35. The number of rotatable bonds is 4. The van der Waals surface area contributed by atoms with Crippen molar-refractivity contribution in [1.29, 1.82) is 0 Å². The van der Waals surface area contributed by atoms with Gasteiger partial charge in [-0.15, -0.1) is 0 Å². The standard InChI is InChI=1S/C10H12N2O6/c1-18-9(14)4-6(11)5-2-7(12(16)17)10(15)8(13)3-5/h2-3,6,13,15H,4,11H2,1H3/t6-/m0/s1. The van der Waals surface area contributed by atoms with Gasteiger partial charge in [0.05, 0.1) is 18.5 Å². The molecule has 4 N–H and O–H groups in total. The summed E-state index contributed by atoms with van der Waals surface area (Å²) >= 11 is 0. The van der Waals surface area contributed by atoms with Crippen molar-refractivity contribution < 1.29 is 24.7 Å². The molecule has 1 aromatic rings. The van der Waals surface area contributed by atoms with E-state index < -0.39 is 34.1 Å². The predicted molar refractivity (Wildman–Crippen MR) is 60.0 cm³/mol. The first kappa shape index (κ1) is 13.7. The number of hydrogen-bond acceptors (Lipinski definition) is 7. The second-order valence-electron chi connectivity index (χ2n) is 3.55. The quantitative estimate of drug-likeness (QED) is 0.310. The maximum atomic E-state index is 11.0. The Morgan fingerprint density at radius 2 is 2.17 bits per heavy atom. The van der Waals surface area contributed by atoms with E-state index in [9.17, 15) is 25.1 Å². The van der Waals surface area contributed by atoms with Crippen LogP contribution < -0.4 is 5.73 Å². The van der Waals surface area contributed by atoms with E-state index in [0.717, 1.165) is 12.1 Å². The molecule has 0 aliphatic rings. The van der Waals surface area contributed by atoms with E-state index in [-0.39, 0.29) is 12.0 Å². The summed E-state index contributed by atoms with van der Waals surface area (Å²) in [5.74, 6) is -2.09. The molecule has 0 saturated carbocycles. The summed E-state index contributed by atoms with van der Waals surface area (Å²) in [4.78, 5) is 20.8. The first-order valence-electron chi connectivity index (χ1n) is 4.89. The Bertz CT molecular complexity index is 488. The number of methoxy groups -OCH3 is 1. The first-order chi connectivity index (χ1) is 8.36. The van der Waals surface area contributed by atoms with E-state index in [0.29, 0.717) is 0 Å². The number of phenols is 2. The van der Waals surface area contributed by atoms with Crippen LogP contribution in [0.15, 0.2) is 12.1 Å². The zero-order valence-corrected chi connectivity index (χ0v) is 9.49. The van der Waals surface area contributed by atoms with Crippen LogP contribution in [-0.4, -0.2) is 28.2 Å². The van der Waals surface area contributed by atoms with Crippen LogP contribution in [-0.2, 0) is 9.53 Å². The fraction of sp³-hybridized carbons (Fsp3) is 0.300. The molecule has 0 saturated heterocycles. The molecule has 0 aromatic heterocycles. The lowest BCUT2D eigenvalue weighted by Crippen LogP contribution is -2.16. The van der Waals surface area contributed by atoms with Crippen LogP contribution in [0.1, 0.15) is 18.0 Å². The molecule has 8 heteroatoms. The number of nitrogens with two attached hydrogens (primary N) is 1. The summed E-state index contributed by atoms with van der Waals surface area (Å²) in [7, 11) is 1.19. The van der Waals surface area contributed by atoms with Crippen molar-refractivity contribution >= 4 is 11.7 Å². The van der Waals surface area contributed by atoms with Gasteiger partial charge in [0.15, 0.2) is 5.75 Å². The molecule has 0 fully saturated rings. The van der Waals surface area contributed by atoms with Gasteiger partial charge >= 0.3 is 11.7 Å². The molecule has 0 spiro atoms. The van der Waals surface area contributed by atoms with Crippen LogP contribution in [0.5, 0.6) is 11.5 Å². The van der Waals surface area contributed by atoms with Crippen molar-refractivity contribution in [3.05, 3.63) is 27.8 Å². The lowest BCUT2D eigenvalue weighted by molar-refractivity contribution is -0.386. The molecule has 18 heavy (non-hydrogen) atoms. The Balaban J connectivity index is 3.10. The molecule has 0 unspecified atom stereocenters. The van der Waals surface area contributed by atoms with E-state index in [1.807, 2.05) is 0 Å². The molecule has 0 heterocycles. The molecule has 0 aliphatic carbocycles. The number of benzene rings is 1. The van der Waals surface area contributed by atoms with E-state index in [2.05, 4.69) is 4.74 Å². The third-order valence-electron chi connectivity index (χ3n) is 2.33. The van der Waals surface area contributed by atoms with Gasteiger partial charge in [-0.05, 0) is 11.6 Å². The molecule has 0 bridgehead atoms. The molecule has 0 amide bonds. The largest absolute Gasteiger partial charge is 0.504 e. The zero-order chi connectivity index (χ0) is 13.9. The van der Waals surface area contributed by atoms with E-state index in [4.69, 9.17) is 5.73 Å². The smallest absolute Gasteiger partial charge is 0.314 e. The molecular weight excluding hydrogens is 244 g/mol. The molecule has 8 nitrogen and oxygen atoms in total. The molecular formula is C10H12N2O6. The summed E-state index contributed by atoms with van der Waals surface area (Å²) < 4.78 is 4.41. The lowest BCUT2D eigenvalue weighted by Gasteiger charge is -2.11. The second kappa shape index (κ2) is 5.32. The molecule has 98 valence electrons. The summed E-state index contributed by atoms with van der Waals surface area (Å²) in [5, 5.41) is 29.3. The lowest BCUT2D eigenvalue weighted by atomic mass is 10.0. The van der Waals surface area contributed by atoms with Gasteiger partial charge in [0.2, 0.25) is 5.75 Å². The number of nitro benzene ring substituents is 1. The number of phenolic OH excluding ortho intramolecular Hbond substituents is 2. The zero-order valence-electron chi connectivity index (χ0n) is 9.49. The molecule has 0 radical (unpaired) electrons. The molecule has 0 aliphatic heterocycles. The van der Waals surface area contributed by atoms with E-state index in [1.165, 1.54) is 7.11 Å². The number of nitrogens with zero attached hydrogens (tertiary/aromatic N) is 1. The van der Waals surface area contributed by atoms with Gasteiger partial charge in [-0.3, -0.25) is 14.9 Å².